The van der Waals surface area contributed by atoms with Crippen molar-refractivity contribution in [1.29, 1.82) is 0 Å². The lowest BCUT2D eigenvalue weighted by Crippen LogP contribution is -2.69. The molecule has 0 N–H and O–H groups in total. The van der Waals surface area contributed by atoms with Crippen LogP contribution in [0.15, 0.2) is 24.3 Å². The Kier molecular flexibility index (Phi) is 10.3. The van der Waals surface area contributed by atoms with Crippen molar-refractivity contribution in [3.8, 4) is 23.0 Å². The molecule has 28 heteroatoms. The van der Waals surface area contributed by atoms with E-state index in [9.17, 15) is 0 Å². The van der Waals surface area contributed by atoms with Crippen LogP contribution >= 0.6 is 0 Å². The van der Waals surface area contributed by atoms with Crippen molar-refractivity contribution in [1.82, 2.24) is 78.4 Å². The molecule has 82 heavy (non-hydrogen) atoms. The third-order valence-electron chi connectivity index (χ3n) is 20.5. The van der Waals surface area contributed by atoms with E-state index >= 15 is 38.4 Å². The Morgan fingerprint density at radius 3 is 0.720 bits per heavy atom. The van der Waals surface area contributed by atoms with Crippen LogP contribution in [0.4, 0.5) is 38.4 Å². The van der Waals surface area contributed by atoms with Gasteiger partial charge in [0.2, 0.25) is 0 Å². The number of nitrogens with zero attached hydrogens (tertiary/aromatic N) is 16. The van der Waals surface area contributed by atoms with E-state index < -0.39 is 109 Å². The van der Waals surface area contributed by atoms with Gasteiger partial charge in [0, 0.05) is 22.3 Å². The van der Waals surface area contributed by atoms with Gasteiger partial charge in [0.1, 0.15) is 63.0 Å². The molecule has 11 fully saturated rings. The molecule has 11 saturated heterocycles. The van der Waals surface area contributed by atoms with Crippen LogP contribution in [0.2, 0.25) is 0 Å². The number of ether oxygens (including phenoxy) is 4. The molecule has 0 saturated carbocycles. The lowest BCUT2D eigenvalue weighted by Gasteiger charge is -2.49. The third-order valence-corrected chi connectivity index (χ3v) is 20.5. The maximum Gasteiger partial charge on any atom is 0.326 e. The van der Waals surface area contributed by atoms with E-state index in [-0.39, 0.29) is 52.9 Å². The van der Waals surface area contributed by atoms with E-state index in [1.165, 1.54) is 39.2 Å². The predicted molar refractivity (Wildman–Crippen MR) is 281 cm³/mol. The van der Waals surface area contributed by atoms with E-state index in [0.29, 0.717) is 71.7 Å². The summed E-state index contributed by atoms with van der Waals surface area (Å²) < 4.78 is 25.2. The second-order valence-corrected chi connectivity index (χ2v) is 24.1. The lowest BCUT2D eigenvalue weighted by molar-refractivity contribution is -0.0871. The van der Waals surface area contributed by atoms with Crippen LogP contribution in [-0.4, -0.2) is 240 Å². The Bertz CT molecular complexity index is 2860. The van der Waals surface area contributed by atoms with Gasteiger partial charge in [-0.15, -0.1) is 0 Å². The molecule has 436 valence electrons. The normalized spacial score (nSPS) is 32.3. The van der Waals surface area contributed by atoms with Crippen LogP contribution in [0.25, 0.3) is 0 Å². The first-order valence-electron chi connectivity index (χ1n) is 28.8. The molecular formula is C54H68N16O12. The second-order valence-electron chi connectivity index (χ2n) is 24.1. The van der Waals surface area contributed by atoms with Gasteiger partial charge in [0.25, 0.3) is 0 Å². The van der Waals surface area contributed by atoms with E-state index in [2.05, 4.69) is 0 Å². The zero-order valence-electron chi connectivity index (χ0n) is 47.4. The summed E-state index contributed by atoms with van der Waals surface area (Å²) in [5.74, 6) is 2.30. The Labute approximate surface area is 473 Å². The number of carbonyl (C=O) groups excluding carboxylic acids is 8. The summed E-state index contributed by atoms with van der Waals surface area (Å²) in [7, 11) is 0. The maximum absolute atomic E-state index is 15.5. The molecule has 16 amide bonds. The summed E-state index contributed by atoms with van der Waals surface area (Å²) >= 11 is 0. The molecule has 0 radical (unpaired) electrons. The number of fused-ring (bicyclic) bond motifs is 2. The van der Waals surface area contributed by atoms with Gasteiger partial charge in [0.15, 0.2) is 47.3 Å². The number of amides is 16. The Morgan fingerprint density at radius 1 is 0.317 bits per heavy atom. The van der Waals surface area contributed by atoms with Crippen molar-refractivity contribution in [3.63, 3.8) is 0 Å². The van der Waals surface area contributed by atoms with Crippen LogP contribution < -0.4 is 18.9 Å². The standard InChI is InChI=1S/C54H68N16O12/c1-9-17-79-35-13-14-36(80-18-10-2)32-22-64-48(76)68-28-60-41-39-55(43(71)59(41)27-67-47(75)63(21-31(32)35)51(64,5)53(67,68)7)25-57-40-42-61(45(57)73)29-69-49(77)65-23-33-34(38(82-20-12-4)16-15-37(33)81-19-11-3)24-66-50(78)70(54(69,8)52(65,66)6)30-62(42)46(74)58(40)26-56(39)44(60)72/h13-16,39-42H,9-12,17-30H2,1-8H3/t39-,40+,41+,42-,51+,52-,53-,54+. The highest BCUT2D eigenvalue weighted by atomic mass is 16.5. The number of rotatable bonds is 12. The Hall–Kier alpha value is -8.20. The van der Waals surface area contributed by atoms with Gasteiger partial charge in [-0.3, -0.25) is 78.4 Å². The van der Waals surface area contributed by atoms with E-state index in [4.69, 9.17) is 18.9 Å². The minimum Gasteiger partial charge on any atom is -0.493 e. The molecule has 13 aliphatic rings. The molecule has 13 aliphatic heterocycles. The first-order valence-corrected chi connectivity index (χ1v) is 28.8. The van der Waals surface area contributed by atoms with Gasteiger partial charge in [-0.1, -0.05) is 27.7 Å². The molecule has 2 aromatic carbocycles. The number of carbonyl (C=O) groups is 8. The zero-order valence-corrected chi connectivity index (χ0v) is 47.4. The van der Waals surface area contributed by atoms with Gasteiger partial charge in [0.05, 0.1) is 52.6 Å². The van der Waals surface area contributed by atoms with Crippen molar-refractivity contribution in [3.05, 3.63) is 46.5 Å². The number of hydrogen-bond donors (Lipinski definition) is 0. The van der Waals surface area contributed by atoms with Crippen molar-refractivity contribution < 1.29 is 57.3 Å². The summed E-state index contributed by atoms with van der Waals surface area (Å²) in [6, 6.07) is 3.31. The average Bonchev–Trinajstić information content (AvgIpc) is 1.57. The van der Waals surface area contributed by atoms with Crippen LogP contribution in [-0.2, 0) is 26.2 Å². The molecule has 0 spiro atoms. The molecule has 0 bridgehead atoms. The number of benzene rings is 2. The summed E-state index contributed by atoms with van der Waals surface area (Å²) in [6.07, 6.45) is -1.41. The highest BCUT2D eigenvalue weighted by molar-refractivity contribution is 5.94. The number of hydrogen-bond acceptors (Lipinski definition) is 12. The van der Waals surface area contributed by atoms with E-state index in [0.717, 1.165) is 25.7 Å². The topological polar surface area (TPSA) is 225 Å². The first kappa shape index (κ1) is 50.7. The zero-order chi connectivity index (χ0) is 57.2. The fraction of sp³-hybridized carbons (Fsp3) is 0.630. The lowest BCUT2D eigenvalue weighted by atomic mass is 9.95. The fourth-order valence-corrected chi connectivity index (χ4v) is 16.0. The fourth-order valence-electron chi connectivity index (χ4n) is 16.0. The first-order chi connectivity index (χ1) is 39.4. The summed E-state index contributed by atoms with van der Waals surface area (Å²) in [5.41, 5.74) is -2.78. The molecule has 0 aliphatic carbocycles. The Balaban J connectivity index is 0.785. The van der Waals surface area contributed by atoms with Gasteiger partial charge in [-0.2, -0.15) is 0 Å². The SMILES string of the molecule is CCCOc1ccc(OCCC)c2c1CN1C(=O)N3CN4C(=O)N5CN6C(=O)N7CN8C(=O)N9Cc%10c(OCCC)ccc(OCCC)c%10CN%10C(=O)N(CN%11C(=O)N(CN%12C(=O)N(CN%13C(=O)N(C2)[C@]1(C)[C@]%133C)[C@@H]4[C@@H]5%12)[C@@H]6[C@@H]7%11)[C@]8(C)[C@]%109C. The Morgan fingerprint density at radius 2 is 0.512 bits per heavy atom. The van der Waals surface area contributed by atoms with Crippen LogP contribution in [0, 0.1) is 0 Å². The molecule has 0 atom stereocenters. The summed E-state index contributed by atoms with van der Waals surface area (Å²) in [5, 5.41) is 0. The molecular weight excluding hydrogens is 1060 g/mol. The minimum absolute atomic E-state index is 0.0538. The number of urea groups is 8. The quantitative estimate of drug-likeness (QED) is 0.288. The highest BCUT2D eigenvalue weighted by Gasteiger charge is 2.80. The largest absolute Gasteiger partial charge is 0.493 e. The van der Waals surface area contributed by atoms with Crippen LogP contribution in [0.1, 0.15) is 103 Å². The smallest absolute Gasteiger partial charge is 0.326 e. The van der Waals surface area contributed by atoms with Crippen LogP contribution in [0.5, 0.6) is 23.0 Å². The molecule has 0 aromatic heterocycles. The summed E-state index contributed by atoms with van der Waals surface area (Å²) in [6.45, 7) is 15.1. The van der Waals surface area contributed by atoms with Crippen molar-refractivity contribution in [2.45, 2.75) is 155 Å². The van der Waals surface area contributed by atoms with Crippen molar-refractivity contribution in [2.24, 2.45) is 0 Å². The maximum atomic E-state index is 15.5. The van der Waals surface area contributed by atoms with Gasteiger partial charge < -0.3 is 18.9 Å². The third kappa shape index (κ3) is 5.68. The molecule has 15 rings (SSSR count). The van der Waals surface area contributed by atoms with Crippen molar-refractivity contribution >= 4 is 48.2 Å². The van der Waals surface area contributed by atoms with Gasteiger partial charge >= 0.3 is 48.2 Å². The van der Waals surface area contributed by atoms with Crippen molar-refractivity contribution in [2.75, 3.05) is 66.4 Å². The van der Waals surface area contributed by atoms with Crippen LogP contribution in [0.3, 0.4) is 0 Å². The molecule has 28 nitrogen and oxygen atoms in total. The predicted octanol–water partition coefficient (Wildman–Crippen LogP) is 4.43. The highest BCUT2D eigenvalue weighted by Crippen LogP contribution is 2.59. The molecule has 0 unspecified atom stereocenters. The molecule has 2 aromatic rings. The monoisotopic (exact) mass is 1130 g/mol. The van der Waals surface area contributed by atoms with E-state index in [1.807, 2.05) is 65.8 Å². The minimum atomic E-state index is -1.46. The van der Waals surface area contributed by atoms with Gasteiger partial charge in [-0.05, 0) is 77.6 Å². The van der Waals surface area contributed by atoms with E-state index in [1.54, 1.807) is 53.0 Å². The average molecular weight is 1130 g/mol. The summed E-state index contributed by atoms with van der Waals surface area (Å²) in [4.78, 5) is 148. The second kappa shape index (κ2) is 16.7. The van der Waals surface area contributed by atoms with Gasteiger partial charge in [-0.25, -0.2) is 38.4 Å². The molecule has 13 heterocycles.